The molecular formula is C15H19BrF3NO. The summed E-state index contributed by atoms with van der Waals surface area (Å²) in [6.07, 6.45) is -1.11. The van der Waals surface area contributed by atoms with Crippen LogP contribution in [0.3, 0.4) is 0 Å². The minimum atomic E-state index is -4.43. The van der Waals surface area contributed by atoms with E-state index >= 15 is 0 Å². The van der Waals surface area contributed by atoms with Gasteiger partial charge in [0.2, 0.25) is 0 Å². The highest BCUT2D eigenvalue weighted by Crippen LogP contribution is 2.40. The van der Waals surface area contributed by atoms with Gasteiger partial charge in [-0.3, -0.25) is 0 Å². The van der Waals surface area contributed by atoms with Crippen molar-refractivity contribution in [1.29, 1.82) is 0 Å². The standard InChI is InChI=1S/C15H19BrF3NO/c1-10-3-2-6-14(8-10,9-21)20-13-5-4-11(16)7-12(13)15(17,18)19/h4-5,7,10,20-21H,2-3,6,8-9H2,1H3. The van der Waals surface area contributed by atoms with Gasteiger partial charge in [-0.1, -0.05) is 35.7 Å². The molecule has 6 heteroatoms. The Morgan fingerprint density at radius 3 is 2.71 bits per heavy atom. The van der Waals surface area contributed by atoms with Crippen molar-refractivity contribution in [3.63, 3.8) is 0 Å². The first-order chi connectivity index (χ1) is 9.76. The summed E-state index contributed by atoms with van der Waals surface area (Å²) in [5, 5.41) is 12.7. The highest BCUT2D eigenvalue weighted by molar-refractivity contribution is 9.10. The first kappa shape index (κ1) is 16.6. The summed E-state index contributed by atoms with van der Waals surface area (Å²) < 4.78 is 39.9. The van der Waals surface area contributed by atoms with Crippen LogP contribution < -0.4 is 5.32 Å². The molecule has 0 heterocycles. The monoisotopic (exact) mass is 365 g/mol. The number of nitrogens with one attached hydrogen (secondary N) is 1. The lowest BCUT2D eigenvalue weighted by Gasteiger charge is -2.40. The maximum Gasteiger partial charge on any atom is 0.418 e. The molecule has 2 rings (SSSR count). The second kappa shape index (κ2) is 6.16. The fourth-order valence-electron chi connectivity index (χ4n) is 3.10. The zero-order valence-corrected chi connectivity index (χ0v) is 13.4. The number of rotatable bonds is 3. The predicted molar refractivity (Wildman–Crippen MR) is 80.2 cm³/mol. The third-order valence-electron chi connectivity index (χ3n) is 4.08. The normalized spacial score (nSPS) is 26.7. The summed E-state index contributed by atoms with van der Waals surface area (Å²) in [6, 6.07) is 4.07. The SMILES string of the molecule is CC1CCCC(CO)(Nc2ccc(Br)cc2C(F)(F)F)C1. The fraction of sp³-hybridized carbons (Fsp3) is 0.600. The van der Waals surface area contributed by atoms with Crippen LogP contribution in [0.5, 0.6) is 0 Å². The van der Waals surface area contributed by atoms with E-state index in [9.17, 15) is 18.3 Å². The van der Waals surface area contributed by atoms with Gasteiger partial charge in [0.1, 0.15) is 0 Å². The highest BCUT2D eigenvalue weighted by atomic mass is 79.9. The summed E-state index contributed by atoms with van der Waals surface area (Å²) in [6.45, 7) is 1.90. The Bertz CT molecular complexity index is 506. The number of hydrogen-bond donors (Lipinski definition) is 2. The van der Waals surface area contributed by atoms with Gasteiger partial charge in [0.05, 0.1) is 17.7 Å². The van der Waals surface area contributed by atoms with E-state index in [2.05, 4.69) is 28.2 Å². The van der Waals surface area contributed by atoms with E-state index in [0.717, 1.165) is 18.9 Å². The van der Waals surface area contributed by atoms with Crippen molar-refractivity contribution in [3.8, 4) is 0 Å². The van der Waals surface area contributed by atoms with Crippen molar-refractivity contribution in [2.75, 3.05) is 11.9 Å². The molecule has 2 unspecified atom stereocenters. The van der Waals surface area contributed by atoms with Crippen molar-refractivity contribution in [2.24, 2.45) is 5.92 Å². The van der Waals surface area contributed by atoms with Crippen molar-refractivity contribution in [2.45, 2.75) is 44.3 Å². The first-order valence-corrected chi connectivity index (χ1v) is 7.81. The molecule has 1 aliphatic carbocycles. The summed E-state index contributed by atoms with van der Waals surface area (Å²) in [7, 11) is 0. The lowest BCUT2D eigenvalue weighted by molar-refractivity contribution is -0.137. The Balaban J connectivity index is 2.33. The number of hydrogen-bond acceptors (Lipinski definition) is 2. The molecule has 0 saturated heterocycles. The van der Waals surface area contributed by atoms with E-state index in [1.54, 1.807) is 6.07 Å². The zero-order chi connectivity index (χ0) is 15.7. The van der Waals surface area contributed by atoms with Gasteiger partial charge in [-0.15, -0.1) is 0 Å². The zero-order valence-electron chi connectivity index (χ0n) is 11.8. The molecule has 1 aromatic carbocycles. The van der Waals surface area contributed by atoms with E-state index in [1.807, 2.05) is 0 Å². The Hall–Kier alpha value is -0.750. The topological polar surface area (TPSA) is 32.3 Å². The lowest BCUT2D eigenvalue weighted by atomic mass is 9.76. The molecule has 0 spiro atoms. The molecule has 118 valence electrons. The van der Waals surface area contributed by atoms with Crippen LogP contribution in [0.4, 0.5) is 18.9 Å². The number of halogens is 4. The molecule has 21 heavy (non-hydrogen) atoms. The number of aliphatic hydroxyl groups is 1. The largest absolute Gasteiger partial charge is 0.418 e. The average Bonchev–Trinajstić information content (AvgIpc) is 2.40. The van der Waals surface area contributed by atoms with E-state index in [4.69, 9.17) is 0 Å². The molecule has 0 bridgehead atoms. The Kier molecular flexibility index (Phi) is 4.88. The minimum Gasteiger partial charge on any atom is -0.394 e. The molecule has 2 N–H and O–H groups in total. The van der Waals surface area contributed by atoms with Gasteiger partial charge in [0.15, 0.2) is 0 Å². The van der Waals surface area contributed by atoms with Crippen LogP contribution in [0.25, 0.3) is 0 Å². The van der Waals surface area contributed by atoms with Crippen LogP contribution >= 0.6 is 15.9 Å². The number of alkyl halides is 3. The van der Waals surface area contributed by atoms with E-state index in [-0.39, 0.29) is 12.3 Å². The smallest absolute Gasteiger partial charge is 0.394 e. The lowest BCUT2D eigenvalue weighted by Crippen LogP contribution is -2.46. The predicted octanol–water partition coefficient (Wildman–Crippen LogP) is 4.82. The van der Waals surface area contributed by atoms with E-state index in [0.29, 0.717) is 23.2 Å². The second-order valence-corrected chi connectivity index (χ2v) is 6.87. The van der Waals surface area contributed by atoms with Crippen LogP contribution in [-0.2, 0) is 6.18 Å². The van der Waals surface area contributed by atoms with Gasteiger partial charge in [0.25, 0.3) is 0 Å². The molecule has 0 amide bonds. The number of aliphatic hydroxyl groups excluding tert-OH is 1. The van der Waals surface area contributed by atoms with Crippen molar-refractivity contribution < 1.29 is 18.3 Å². The first-order valence-electron chi connectivity index (χ1n) is 7.01. The average molecular weight is 366 g/mol. The van der Waals surface area contributed by atoms with Crippen molar-refractivity contribution >= 4 is 21.6 Å². The summed E-state index contributed by atoms with van der Waals surface area (Å²) in [5.74, 6) is 0.392. The van der Waals surface area contributed by atoms with Gasteiger partial charge < -0.3 is 10.4 Å². The van der Waals surface area contributed by atoms with E-state index in [1.165, 1.54) is 6.07 Å². The molecule has 0 radical (unpaired) electrons. The fourth-order valence-corrected chi connectivity index (χ4v) is 3.46. The van der Waals surface area contributed by atoms with Crippen LogP contribution in [0.15, 0.2) is 22.7 Å². The number of anilines is 1. The minimum absolute atomic E-state index is 0.0360. The van der Waals surface area contributed by atoms with Gasteiger partial charge in [-0.2, -0.15) is 13.2 Å². The van der Waals surface area contributed by atoms with Gasteiger partial charge in [-0.05, 0) is 37.0 Å². The molecular weight excluding hydrogens is 347 g/mol. The molecule has 1 saturated carbocycles. The van der Waals surface area contributed by atoms with Crippen molar-refractivity contribution in [1.82, 2.24) is 0 Å². The third-order valence-corrected chi connectivity index (χ3v) is 4.57. The Morgan fingerprint density at radius 1 is 1.43 bits per heavy atom. The maximum atomic E-state index is 13.2. The molecule has 0 aliphatic heterocycles. The molecule has 1 aromatic rings. The van der Waals surface area contributed by atoms with Crippen LogP contribution in [0, 0.1) is 5.92 Å². The van der Waals surface area contributed by atoms with E-state index < -0.39 is 17.3 Å². The molecule has 2 nitrogen and oxygen atoms in total. The molecule has 2 atom stereocenters. The Labute approximate surface area is 130 Å². The van der Waals surface area contributed by atoms with Crippen LogP contribution in [0.2, 0.25) is 0 Å². The Morgan fingerprint density at radius 2 is 2.14 bits per heavy atom. The quantitative estimate of drug-likeness (QED) is 0.804. The molecule has 0 aromatic heterocycles. The number of benzene rings is 1. The van der Waals surface area contributed by atoms with Gasteiger partial charge in [0, 0.05) is 10.2 Å². The van der Waals surface area contributed by atoms with Crippen LogP contribution in [0.1, 0.15) is 38.2 Å². The summed E-state index contributed by atoms with van der Waals surface area (Å²) in [5.41, 5.74) is -1.33. The highest BCUT2D eigenvalue weighted by Gasteiger charge is 2.38. The second-order valence-electron chi connectivity index (χ2n) is 5.95. The van der Waals surface area contributed by atoms with Gasteiger partial charge >= 0.3 is 6.18 Å². The van der Waals surface area contributed by atoms with Gasteiger partial charge in [-0.25, -0.2) is 0 Å². The third kappa shape index (κ3) is 3.92. The van der Waals surface area contributed by atoms with Crippen LogP contribution in [-0.4, -0.2) is 17.3 Å². The molecule has 1 fully saturated rings. The summed E-state index contributed by atoms with van der Waals surface area (Å²) in [4.78, 5) is 0. The molecule has 1 aliphatic rings. The summed E-state index contributed by atoms with van der Waals surface area (Å²) >= 11 is 3.08. The van der Waals surface area contributed by atoms with Crippen molar-refractivity contribution in [3.05, 3.63) is 28.2 Å². The maximum absolute atomic E-state index is 13.2.